The molecule has 4 heteroatoms. The minimum atomic E-state index is -0.0302. The lowest BCUT2D eigenvalue weighted by Crippen LogP contribution is -2.44. The van der Waals surface area contributed by atoms with Crippen molar-refractivity contribution in [3.63, 3.8) is 0 Å². The number of likely N-dealkylation sites (tertiary alicyclic amines) is 1. The number of ether oxygens (including phenoxy) is 2. The third-order valence-corrected chi connectivity index (χ3v) is 4.10. The molecule has 0 atom stereocenters. The third-order valence-electron chi connectivity index (χ3n) is 4.10. The van der Waals surface area contributed by atoms with Crippen molar-refractivity contribution in [1.82, 2.24) is 10.2 Å². The van der Waals surface area contributed by atoms with Gasteiger partial charge in [-0.3, -0.25) is 4.90 Å². The SMILES string of the molecule is c1ccc(CN2CCC(NCC3OCCO3)CC2)cc1. The van der Waals surface area contributed by atoms with Crippen LogP contribution in [0.25, 0.3) is 0 Å². The van der Waals surface area contributed by atoms with Crippen LogP contribution < -0.4 is 5.32 Å². The molecule has 2 saturated heterocycles. The lowest BCUT2D eigenvalue weighted by molar-refractivity contribution is -0.0416. The Balaban J connectivity index is 1.36. The Hall–Kier alpha value is -0.940. The molecule has 1 aromatic carbocycles. The highest BCUT2D eigenvalue weighted by molar-refractivity contribution is 5.14. The quantitative estimate of drug-likeness (QED) is 0.886. The fraction of sp³-hybridized carbons (Fsp3) is 0.625. The van der Waals surface area contributed by atoms with Crippen LogP contribution in [0.15, 0.2) is 30.3 Å². The number of rotatable bonds is 5. The van der Waals surface area contributed by atoms with Gasteiger partial charge in [-0.25, -0.2) is 0 Å². The molecule has 2 aliphatic heterocycles. The van der Waals surface area contributed by atoms with E-state index in [1.807, 2.05) is 0 Å². The van der Waals surface area contributed by atoms with Gasteiger partial charge in [-0.05, 0) is 31.5 Å². The van der Waals surface area contributed by atoms with Crippen molar-refractivity contribution in [3.05, 3.63) is 35.9 Å². The molecule has 2 heterocycles. The zero-order valence-corrected chi connectivity index (χ0v) is 12.0. The predicted octanol–water partition coefficient (Wildman–Crippen LogP) is 1.61. The van der Waals surface area contributed by atoms with E-state index in [2.05, 4.69) is 40.5 Å². The number of nitrogens with one attached hydrogen (secondary N) is 1. The third kappa shape index (κ3) is 4.03. The monoisotopic (exact) mass is 276 g/mol. The number of hydrogen-bond acceptors (Lipinski definition) is 4. The summed E-state index contributed by atoms with van der Waals surface area (Å²) in [5.74, 6) is 0. The van der Waals surface area contributed by atoms with Crippen molar-refractivity contribution < 1.29 is 9.47 Å². The lowest BCUT2D eigenvalue weighted by atomic mass is 10.0. The van der Waals surface area contributed by atoms with Crippen molar-refractivity contribution in [2.24, 2.45) is 0 Å². The first-order chi connectivity index (χ1) is 9.90. The molecule has 0 aliphatic carbocycles. The topological polar surface area (TPSA) is 33.7 Å². The first-order valence-corrected chi connectivity index (χ1v) is 7.63. The van der Waals surface area contributed by atoms with E-state index in [0.29, 0.717) is 6.04 Å². The zero-order chi connectivity index (χ0) is 13.6. The molecular weight excluding hydrogens is 252 g/mol. The Morgan fingerprint density at radius 3 is 2.45 bits per heavy atom. The van der Waals surface area contributed by atoms with Crippen LogP contribution in [0.2, 0.25) is 0 Å². The van der Waals surface area contributed by atoms with Crippen LogP contribution in [0.5, 0.6) is 0 Å². The summed E-state index contributed by atoms with van der Waals surface area (Å²) < 4.78 is 10.9. The first kappa shape index (κ1) is 14.0. The van der Waals surface area contributed by atoms with Gasteiger partial charge in [0.1, 0.15) is 0 Å². The molecule has 0 saturated carbocycles. The predicted molar refractivity (Wildman–Crippen MR) is 78.4 cm³/mol. The van der Waals surface area contributed by atoms with E-state index >= 15 is 0 Å². The summed E-state index contributed by atoms with van der Waals surface area (Å²) in [6.07, 6.45) is 2.39. The maximum absolute atomic E-state index is 5.45. The molecule has 0 amide bonds. The Morgan fingerprint density at radius 1 is 1.05 bits per heavy atom. The van der Waals surface area contributed by atoms with Crippen LogP contribution in [0.1, 0.15) is 18.4 Å². The van der Waals surface area contributed by atoms with Crippen molar-refractivity contribution >= 4 is 0 Å². The van der Waals surface area contributed by atoms with E-state index in [1.54, 1.807) is 0 Å². The largest absolute Gasteiger partial charge is 0.349 e. The summed E-state index contributed by atoms with van der Waals surface area (Å²) in [6, 6.07) is 11.3. The number of hydrogen-bond donors (Lipinski definition) is 1. The van der Waals surface area contributed by atoms with Crippen LogP contribution in [-0.4, -0.2) is 50.1 Å². The maximum atomic E-state index is 5.45. The van der Waals surface area contributed by atoms with Gasteiger partial charge in [0.2, 0.25) is 0 Å². The van der Waals surface area contributed by atoms with Crippen LogP contribution in [-0.2, 0) is 16.0 Å². The highest BCUT2D eigenvalue weighted by Gasteiger charge is 2.21. The summed E-state index contributed by atoms with van der Waals surface area (Å²) in [6.45, 7) is 5.70. The van der Waals surface area contributed by atoms with Crippen LogP contribution in [0.4, 0.5) is 0 Å². The molecule has 20 heavy (non-hydrogen) atoms. The molecule has 0 unspecified atom stereocenters. The molecule has 0 aromatic heterocycles. The van der Waals surface area contributed by atoms with Crippen molar-refractivity contribution in [2.45, 2.75) is 31.7 Å². The second-order valence-corrected chi connectivity index (χ2v) is 5.62. The molecule has 4 nitrogen and oxygen atoms in total. The van der Waals surface area contributed by atoms with Gasteiger partial charge in [0.25, 0.3) is 0 Å². The molecule has 1 aromatic rings. The normalized spacial score (nSPS) is 22.4. The molecule has 110 valence electrons. The molecular formula is C16H24N2O2. The summed E-state index contributed by atoms with van der Waals surface area (Å²) in [4.78, 5) is 2.54. The maximum Gasteiger partial charge on any atom is 0.170 e. The van der Waals surface area contributed by atoms with Crippen LogP contribution in [0, 0.1) is 0 Å². The molecule has 0 radical (unpaired) electrons. The zero-order valence-electron chi connectivity index (χ0n) is 12.0. The van der Waals surface area contributed by atoms with Gasteiger partial charge in [-0.1, -0.05) is 30.3 Å². The lowest BCUT2D eigenvalue weighted by Gasteiger charge is -2.32. The average Bonchev–Trinajstić information content (AvgIpc) is 3.01. The minimum absolute atomic E-state index is 0.0302. The van der Waals surface area contributed by atoms with Crippen LogP contribution >= 0.6 is 0 Å². The van der Waals surface area contributed by atoms with Gasteiger partial charge < -0.3 is 14.8 Å². The van der Waals surface area contributed by atoms with Crippen molar-refractivity contribution in [3.8, 4) is 0 Å². The molecule has 3 rings (SSSR count). The highest BCUT2D eigenvalue weighted by atomic mass is 16.7. The Kier molecular flexibility index (Phi) is 5.03. The molecule has 0 spiro atoms. The highest BCUT2D eigenvalue weighted by Crippen LogP contribution is 2.14. The molecule has 1 N–H and O–H groups in total. The van der Waals surface area contributed by atoms with Gasteiger partial charge in [-0.2, -0.15) is 0 Å². The van der Waals surface area contributed by atoms with Crippen molar-refractivity contribution in [1.29, 1.82) is 0 Å². The van der Waals surface area contributed by atoms with Gasteiger partial charge in [0.15, 0.2) is 6.29 Å². The average molecular weight is 276 g/mol. The minimum Gasteiger partial charge on any atom is -0.349 e. The molecule has 2 aliphatic rings. The van der Waals surface area contributed by atoms with Gasteiger partial charge >= 0.3 is 0 Å². The number of piperidine rings is 1. The van der Waals surface area contributed by atoms with Crippen molar-refractivity contribution in [2.75, 3.05) is 32.8 Å². The Bertz CT molecular complexity index is 385. The number of nitrogens with zero attached hydrogens (tertiary/aromatic N) is 1. The standard InChI is InChI=1S/C16H24N2O2/c1-2-4-14(5-3-1)13-18-8-6-15(7-9-18)17-12-16-19-10-11-20-16/h1-5,15-17H,6-13H2. The molecule has 0 bridgehead atoms. The van der Waals surface area contributed by atoms with E-state index in [0.717, 1.165) is 26.3 Å². The van der Waals surface area contributed by atoms with Gasteiger partial charge in [0.05, 0.1) is 13.2 Å². The molecule has 2 fully saturated rings. The Morgan fingerprint density at radius 2 is 1.75 bits per heavy atom. The second kappa shape index (κ2) is 7.18. The van der Waals surface area contributed by atoms with E-state index in [-0.39, 0.29) is 6.29 Å². The fourth-order valence-electron chi connectivity index (χ4n) is 2.92. The van der Waals surface area contributed by atoms with Gasteiger partial charge in [-0.15, -0.1) is 0 Å². The summed E-state index contributed by atoms with van der Waals surface area (Å²) in [5.41, 5.74) is 1.41. The van der Waals surface area contributed by atoms with E-state index in [9.17, 15) is 0 Å². The second-order valence-electron chi connectivity index (χ2n) is 5.62. The van der Waals surface area contributed by atoms with Crippen LogP contribution in [0.3, 0.4) is 0 Å². The van der Waals surface area contributed by atoms with E-state index in [1.165, 1.54) is 31.5 Å². The van der Waals surface area contributed by atoms with Gasteiger partial charge in [0, 0.05) is 19.1 Å². The fourth-order valence-corrected chi connectivity index (χ4v) is 2.92. The number of benzene rings is 1. The smallest absolute Gasteiger partial charge is 0.170 e. The summed E-state index contributed by atoms with van der Waals surface area (Å²) >= 11 is 0. The van der Waals surface area contributed by atoms with E-state index < -0.39 is 0 Å². The summed E-state index contributed by atoms with van der Waals surface area (Å²) in [7, 11) is 0. The summed E-state index contributed by atoms with van der Waals surface area (Å²) in [5, 5.41) is 3.57. The first-order valence-electron chi connectivity index (χ1n) is 7.63. The van der Waals surface area contributed by atoms with E-state index in [4.69, 9.17) is 9.47 Å². The Labute approximate surface area is 121 Å².